The van der Waals surface area contributed by atoms with Gasteiger partial charge in [0, 0.05) is 34.5 Å². The number of hydrogen-bond acceptors (Lipinski definition) is 4. The van der Waals surface area contributed by atoms with Crippen LogP contribution in [0.4, 0.5) is 5.69 Å². The molecular weight excluding hydrogens is 310 g/mol. The molecule has 122 valence electrons. The first kappa shape index (κ1) is 15.8. The summed E-state index contributed by atoms with van der Waals surface area (Å²) in [5, 5.41) is 0. The highest BCUT2D eigenvalue weighted by Crippen LogP contribution is 2.45. The third-order valence-corrected chi connectivity index (χ3v) is 5.67. The van der Waals surface area contributed by atoms with Gasteiger partial charge in [0.2, 0.25) is 10.0 Å². The SMILES string of the molecule is CCS(=O)(=O)Nc1cccc(C2=CCC(C)([C@H]3C=C3N)C=N2)c1. The zero-order chi connectivity index (χ0) is 16.7. The van der Waals surface area contributed by atoms with E-state index in [0.717, 1.165) is 23.4 Å². The Bertz CT molecular complexity index is 824. The summed E-state index contributed by atoms with van der Waals surface area (Å²) in [6.07, 6.45) is 6.97. The van der Waals surface area contributed by atoms with Gasteiger partial charge in [0.05, 0.1) is 11.4 Å². The Kier molecular flexibility index (Phi) is 3.80. The summed E-state index contributed by atoms with van der Waals surface area (Å²) in [6, 6.07) is 7.30. The number of rotatable bonds is 5. The molecule has 0 fully saturated rings. The number of anilines is 1. The van der Waals surface area contributed by atoms with Gasteiger partial charge in [-0.25, -0.2) is 8.42 Å². The number of sulfonamides is 1. The molecule has 0 saturated heterocycles. The summed E-state index contributed by atoms with van der Waals surface area (Å²) >= 11 is 0. The number of nitrogens with one attached hydrogen (secondary N) is 1. The van der Waals surface area contributed by atoms with Crippen molar-refractivity contribution in [3.8, 4) is 0 Å². The fourth-order valence-electron chi connectivity index (χ4n) is 2.75. The van der Waals surface area contributed by atoms with Crippen LogP contribution in [-0.4, -0.2) is 20.4 Å². The minimum atomic E-state index is -3.28. The van der Waals surface area contributed by atoms with E-state index in [1.807, 2.05) is 24.4 Å². The maximum Gasteiger partial charge on any atom is 0.232 e. The molecule has 3 N–H and O–H groups in total. The van der Waals surface area contributed by atoms with Crippen molar-refractivity contribution >= 4 is 27.6 Å². The van der Waals surface area contributed by atoms with E-state index in [1.54, 1.807) is 13.0 Å². The second kappa shape index (κ2) is 5.53. The zero-order valence-corrected chi connectivity index (χ0v) is 14.1. The molecule has 0 spiro atoms. The number of benzene rings is 1. The number of aliphatic imine (C=N–C) groups is 1. The lowest BCUT2D eigenvalue weighted by atomic mass is 9.79. The monoisotopic (exact) mass is 331 g/mol. The summed E-state index contributed by atoms with van der Waals surface area (Å²) in [7, 11) is -3.28. The van der Waals surface area contributed by atoms with E-state index in [0.29, 0.717) is 11.6 Å². The van der Waals surface area contributed by atoms with Crippen LogP contribution < -0.4 is 10.5 Å². The Morgan fingerprint density at radius 1 is 1.43 bits per heavy atom. The molecule has 6 heteroatoms. The second-order valence-corrected chi connectivity index (χ2v) is 8.30. The lowest BCUT2D eigenvalue weighted by Crippen LogP contribution is -2.25. The standard InChI is InChI=1S/C17H21N3O2S/c1-3-23(21,22)20-13-6-4-5-12(9-13)16-7-8-17(2,11-19-16)14-10-15(14)18/h4-7,9-11,14,20H,3,8,18H2,1-2H3/t14-,17?/m0/s1. The first-order valence-corrected chi connectivity index (χ1v) is 9.32. The highest BCUT2D eigenvalue weighted by molar-refractivity contribution is 7.92. The zero-order valence-electron chi connectivity index (χ0n) is 13.3. The van der Waals surface area contributed by atoms with E-state index in [-0.39, 0.29) is 11.2 Å². The molecule has 2 atom stereocenters. The molecular formula is C17H21N3O2S. The van der Waals surface area contributed by atoms with Crippen molar-refractivity contribution in [1.82, 2.24) is 0 Å². The number of nitrogens with zero attached hydrogens (tertiary/aromatic N) is 1. The van der Waals surface area contributed by atoms with Gasteiger partial charge in [0.15, 0.2) is 0 Å². The van der Waals surface area contributed by atoms with Crippen molar-refractivity contribution in [2.45, 2.75) is 20.3 Å². The number of hydrogen-bond donors (Lipinski definition) is 2. The molecule has 23 heavy (non-hydrogen) atoms. The molecule has 5 nitrogen and oxygen atoms in total. The van der Waals surface area contributed by atoms with Crippen molar-refractivity contribution in [3.63, 3.8) is 0 Å². The lowest BCUT2D eigenvalue weighted by Gasteiger charge is -2.27. The topological polar surface area (TPSA) is 84.5 Å². The van der Waals surface area contributed by atoms with Gasteiger partial charge in [-0.2, -0.15) is 0 Å². The minimum Gasteiger partial charge on any atom is -0.402 e. The summed E-state index contributed by atoms with van der Waals surface area (Å²) < 4.78 is 25.9. The molecule has 0 saturated carbocycles. The van der Waals surface area contributed by atoms with E-state index in [4.69, 9.17) is 5.73 Å². The Balaban J connectivity index is 1.77. The Morgan fingerprint density at radius 2 is 2.17 bits per heavy atom. The van der Waals surface area contributed by atoms with Gasteiger partial charge in [-0.15, -0.1) is 0 Å². The molecule has 1 aromatic carbocycles. The predicted octanol–water partition coefficient (Wildman–Crippen LogP) is 2.74. The van der Waals surface area contributed by atoms with Crippen molar-refractivity contribution in [3.05, 3.63) is 47.7 Å². The Labute approximate surface area is 137 Å². The maximum atomic E-state index is 11.7. The first-order chi connectivity index (χ1) is 10.8. The van der Waals surface area contributed by atoms with Gasteiger partial charge in [-0.3, -0.25) is 9.71 Å². The smallest absolute Gasteiger partial charge is 0.232 e. The van der Waals surface area contributed by atoms with Crippen LogP contribution in [0.1, 0.15) is 25.8 Å². The van der Waals surface area contributed by atoms with Crippen LogP contribution in [0.3, 0.4) is 0 Å². The summed E-state index contributed by atoms with van der Waals surface area (Å²) in [5.74, 6) is 0.360. The summed E-state index contributed by atoms with van der Waals surface area (Å²) in [4.78, 5) is 4.58. The van der Waals surface area contributed by atoms with Crippen molar-refractivity contribution in [1.29, 1.82) is 0 Å². The number of allylic oxidation sites excluding steroid dienone is 3. The van der Waals surface area contributed by atoms with Gasteiger partial charge < -0.3 is 5.73 Å². The van der Waals surface area contributed by atoms with E-state index in [9.17, 15) is 8.42 Å². The average Bonchev–Trinajstić information content (AvgIpc) is 3.26. The Hall–Kier alpha value is -2.08. The van der Waals surface area contributed by atoms with Gasteiger partial charge in [0.25, 0.3) is 0 Å². The minimum absolute atomic E-state index is 0.0466. The predicted molar refractivity (Wildman–Crippen MR) is 94.5 cm³/mol. The first-order valence-electron chi connectivity index (χ1n) is 7.66. The lowest BCUT2D eigenvalue weighted by molar-refractivity contribution is 0.432. The molecule has 0 radical (unpaired) electrons. The molecule has 0 aromatic heterocycles. The van der Waals surface area contributed by atoms with Crippen LogP contribution in [0.25, 0.3) is 5.70 Å². The van der Waals surface area contributed by atoms with Crippen LogP contribution in [0, 0.1) is 11.3 Å². The number of nitrogens with two attached hydrogens (primary N) is 1. The van der Waals surface area contributed by atoms with Crippen LogP contribution >= 0.6 is 0 Å². The second-order valence-electron chi connectivity index (χ2n) is 6.29. The average molecular weight is 331 g/mol. The van der Waals surface area contributed by atoms with Crippen molar-refractivity contribution < 1.29 is 8.42 Å². The summed E-state index contributed by atoms with van der Waals surface area (Å²) in [6.45, 7) is 3.76. The molecule has 0 bridgehead atoms. The van der Waals surface area contributed by atoms with Crippen LogP contribution in [0.5, 0.6) is 0 Å². The normalized spacial score (nSPS) is 26.4. The molecule has 0 amide bonds. The van der Waals surface area contributed by atoms with Crippen LogP contribution in [-0.2, 0) is 10.0 Å². The van der Waals surface area contributed by atoms with E-state index in [2.05, 4.69) is 28.8 Å². The fraction of sp³-hybridized carbons (Fsp3) is 0.353. The van der Waals surface area contributed by atoms with Crippen molar-refractivity contribution in [2.75, 3.05) is 10.5 Å². The third kappa shape index (κ3) is 3.32. The van der Waals surface area contributed by atoms with Gasteiger partial charge in [-0.05, 0) is 25.5 Å². The van der Waals surface area contributed by atoms with Crippen LogP contribution in [0.15, 0.2) is 47.1 Å². The maximum absolute atomic E-state index is 11.7. The quantitative estimate of drug-likeness (QED) is 0.870. The Morgan fingerprint density at radius 3 is 2.74 bits per heavy atom. The van der Waals surface area contributed by atoms with E-state index in [1.165, 1.54) is 0 Å². The molecule has 1 aliphatic heterocycles. The molecule has 1 heterocycles. The molecule has 1 unspecified atom stereocenters. The highest BCUT2D eigenvalue weighted by atomic mass is 32.2. The van der Waals surface area contributed by atoms with Gasteiger partial charge in [-0.1, -0.05) is 31.2 Å². The highest BCUT2D eigenvalue weighted by Gasteiger charge is 2.40. The van der Waals surface area contributed by atoms with E-state index < -0.39 is 10.0 Å². The summed E-state index contributed by atoms with van der Waals surface area (Å²) in [5.41, 5.74) is 9.04. The molecule has 1 aliphatic carbocycles. The molecule has 3 rings (SSSR count). The fourth-order valence-corrected chi connectivity index (χ4v) is 3.38. The largest absolute Gasteiger partial charge is 0.402 e. The van der Waals surface area contributed by atoms with Gasteiger partial charge in [0.1, 0.15) is 0 Å². The van der Waals surface area contributed by atoms with Crippen molar-refractivity contribution in [2.24, 2.45) is 22.1 Å². The molecule has 1 aromatic rings. The molecule has 2 aliphatic rings. The van der Waals surface area contributed by atoms with Crippen LogP contribution in [0.2, 0.25) is 0 Å². The van der Waals surface area contributed by atoms with Gasteiger partial charge >= 0.3 is 0 Å². The van der Waals surface area contributed by atoms with E-state index >= 15 is 0 Å². The third-order valence-electron chi connectivity index (χ3n) is 4.37.